The smallest absolute Gasteiger partial charge is 0.416 e. The minimum Gasteiger partial charge on any atom is -0.449 e. The summed E-state index contributed by atoms with van der Waals surface area (Å²) in [6, 6.07) is 1.67. The molecule has 2 amide bonds. The van der Waals surface area contributed by atoms with Gasteiger partial charge in [0.1, 0.15) is 0 Å². The highest BCUT2D eigenvalue weighted by atomic mass is 19.4. The molecule has 0 saturated heterocycles. The quantitative estimate of drug-likeness (QED) is 0.329. The number of anilines is 1. The average molecular weight is 596 g/mol. The number of hydrogen-bond acceptors (Lipinski definition) is 3. The number of nitrogens with zero attached hydrogens (tertiary/aromatic N) is 2. The lowest BCUT2D eigenvalue weighted by Gasteiger charge is -2.44. The minimum absolute atomic E-state index is 0.0240. The van der Waals surface area contributed by atoms with Crippen molar-refractivity contribution < 1.29 is 53.8 Å². The van der Waals surface area contributed by atoms with Crippen molar-refractivity contribution in [3.8, 4) is 0 Å². The highest BCUT2D eigenvalue weighted by molar-refractivity contribution is 5.91. The Labute approximate surface area is 228 Å². The summed E-state index contributed by atoms with van der Waals surface area (Å²) in [5.74, 6) is -0.875. The Hall–Kier alpha value is -3.45. The molecule has 0 N–H and O–H groups in total. The maximum Gasteiger partial charge on any atom is 0.416 e. The first kappa shape index (κ1) is 30.5. The van der Waals surface area contributed by atoms with Crippen molar-refractivity contribution in [2.75, 3.05) is 11.5 Å². The van der Waals surface area contributed by atoms with Gasteiger partial charge in [-0.05, 0) is 79.6 Å². The molecule has 41 heavy (non-hydrogen) atoms. The Bertz CT molecular complexity index is 1280. The van der Waals surface area contributed by atoms with Gasteiger partial charge in [-0.1, -0.05) is 0 Å². The number of alkyl halides is 9. The van der Waals surface area contributed by atoms with Crippen LogP contribution in [0.4, 0.5) is 50.0 Å². The van der Waals surface area contributed by atoms with Crippen molar-refractivity contribution >= 4 is 17.7 Å². The molecule has 1 saturated carbocycles. The summed E-state index contributed by atoms with van der Waals surface area (Å²) in [6.07, 6.45) is -14.6. The Balaban J connectivity index is 1.86. The second-order valence-corrected chi connectivity index (χ2v) is 10.1. The Kier molecular flexibility index (Phi) is 8.00. The summed E-state index contributed by atoms with van der Waals surface area (Å²) in [5, 5.41) is 0. The van der Waals surface area contributed by atoms with Gasteiger partial charge in [-0.15, -0.1) is 0 Å². The van der Waals surface area contributed by atoms with Crippen LogP contribution in [0.5, 0.6) is 0 Å². The average Bonchev–Trinajstić information content (AvgIpc) is 3.70. The third-order valence-electron chi connectivity index (χ3n) is 7.18. The van der Waals surface area contributed by atoms with E-state index in [0.717, 1.165) is 30.0 Å². The summed E-state index contributed by atoms with van der Waals surface area (Å²) in [7, 11) is 0. The third-order valence-corrected chi connectivity index (χ3v) is 7.18. The molecule has 224 valence electrons. The standard InChI is InChI=1S/C27H25F9N2O3/c1-3-41-24(40)38-21-7-6-17(25(28,29)30)11-20(21)23(12-22(38)16-4-5-16)37(14(2)39)13-15-8-18(26(31,32)33)10-19(9-15)27(34,35)36/h6-11,16,22-23H,3-5,12-13H2,1-2H3/t22-,23-/m1/s1. The maximum atomic E-state index is 13.7. The largest absolute Gasteiger partial charge is 0.449 e. The van der Waals surface area contributed by atoms with Crippen LogP contribution in [0, 0.1) is 5.92 Å². The second-order valence-electron chi connectivity index (χ2n) is 10.1. The Morgan fingerprint density at radius 3 is 1.90 bits per heavy atom. The fourth-order valence-corrected chi connectivity index (χ4v) is 5.21. The minimum atomic E-state index is -5.13. The van der Waals surface area contributed by atoms with E-state index in [1.54, 1.807) is 6.92 Å². The summed E-state index contributed by atoms with van der Waals surface area (Å²) in [5.41, 5.74) is -4.88. The molecule has 0 spiro atoms. The van der Waals surface area contributed by atoms with Crippen LogP contribution >= 0.6 is 0 Å². The molecule has 1 aliphatic carbocycles. The molecule has 1 fully saturated rings. The van der Waals surface area contributed by atoms with Gasteiger partial charge in [0.15, 0.2) is 0 Å². The van der Waals surface area contributed by atoms with Crippen molar-refractivity contribution in [1.82, 2.24) is 4.90 Å². The summed E-state index contributed by atoms with van der Waals surface area (Å²) >= 11 is 0. The first-order valence-corrected chi connectivity index (χ1v) is 12.6. The molecular weight excluding hydrogens is 571 g/mol. The lowest BCUT2D eigenvalue weighted by molar-refractivity contribution is -0.143. The summed E-state index contributed by atoms with van der Waals surface area (Å²) < 4.78 is 127. The number of halogens is 9. The summed E-state index contributed by atoms with van der Waals surface area (Å²) in [4.78, 5) is 28.0. The van der Waals surface area contributed by atoms with Crippen molar-refractivity contribution in [2.45, 2.75) is 70.3 Å². The lowest BCUT2D eigenvalue weighted by Crippen LogP contribution is -2.49. The van der Waals surface area contributed by atoms with Gasteiger partial charge in [0.05, 0.1) is 35.0 Å². The molecule has 1 heterocycles. The fraction of sp³-hybridized carbons (Fsp3) is 0.481. The number of hydrogen-bond donors (Lipinski definition) is 0. The molecule has 14 heteroatoms. The van der Waals surface area contributed by atoms with Crippen molar-refractivity contribution in [2.24, 2.45) is 5.92 Å². The molecule has 0 aromatic heterocycles. The van der Waals surface area contributed by atoms with E-state index >= 15 is 0 Å². The van der Waals surface area contributed by atoms with Gasteiger partial charge in [0.25, 0.3) is 0 Å². The van der Waals surface area contributed by atoms with Crippen LogP contribution in [-0.2, 0) is 34.6 Å². The first-order valence-electron chi connectivity index (χ1n) is 12.6. The number of carbonyl (C=O) groups excluding carboxylic acids is 2. The molecule has 0 radical (unpaired) electrons. The topological polar surface area (TPSA) is 49.9 Å². The van der Waals surface area contributed by atoms with Crippen molar-refractivity contribution in [3.05, 3.63) is 64.2 Å². The molecule has 1 aliphatic heterocycles. The lowest BCUT2D eigenvalue weighted by atomic mass is 9.86. The Morgan fingerprint density at radius 1 is 0.878 bits per heavy atom. The van der Waals surface area contributed by atoms with E-state index in [1.165, 1.54) is 4.90 Å². The van der Waals surface area contributed by atoms with Gasteiger partial charge >= 0.3 is 24.6 Å². The zero-order valence-corrected chi connectivity index (χ0v) is 21.8. The van der Waals surface area contributed by atoms with Gasteiger partial charge in [0, 0.05) is 19.5 Å². The van der Waals surface area contributed by atoms with E-state index in [4.69, 9.17) is 4.74 Å². The molecule has 2 aromatic carbocycles. The highest BCUT2D eigenvalue weighted by Gasteiger charge is 2.47. The van der Waals surface area contributed by atoms with E-state index in [1.807, 2.05) is 0 Å². The van der Waals surface area contributed by atoms with Crippen LogP contribution < -0.4 is 4.90 Å². The van der Waals surface area contributed by atoms with Crippen LogP contribution in [0.1, 0.15) is 67.0 Å². The van der Waals surface area contributed by atoms with Gasteiger partial charge in [0.2, 0.25) is 5.91 Å². The SMILES string of the molecule is CCOC(=O)N1c2ccc(C(F)(F)F)cc2[C@H](N(Cc2cc(C(F)(F)F)cc(C(F)(F)F)c2)C(C)=O)C[C@@H]1C1CC1. The third kappa shape index (κ3) is 6.56. The van der Waals surface area contributed by atoms with Crippen molar-refractivity contribution in [1.29, 1.82) is 0 Å². The fourth-order valence-electron chi connectivity index (χ4n) is 5.21. The number of rotatable bonds is 5. The Morgan fingerprint density at radius 2 is 1.44 bits per heavy atom. The molecule has 4 rings (SSSR count). The predicted octanol–water partition coefficient (Wildman–Crippen LogP) is 7.98. The number of carbonyl (C=O) groups is 2. The van der Waals surface area contributed by atoms with Crippen LogP contribution in [0.3, 0.4) is 0 Å². The van der Waals surface area contributed by atoms with Crippen LogP contribution in [0.2, 0.25) is 0 Å². The molecule has 5 nitrogen and oxygen atoms in total. The number of amides is 2. The van der Waals surface area contributed by atoms with Gasteiger partial charge < -0.3 is 9.64 Å². The van der Waals surface area contributed by atoms with Crippen LogP contribution in [-0.4, -0.2) is 29.5 Å². The zero-order chi connectivity index (χ0) is 30.5. The number of fused-ring (bicyclic) bond motifs is 1. The number of benzene rings is 2. The van der Waals surface area contributed by atoms with Crippen LogP contribution in [0.15, 0.2) is 36.4 Å². The maximum absolute atomic E-state index is 13.7. The zero-order valence-electron chi connectivity index (χ0n) is 21.8. The van der Waals surface area contributed by atoms with E-state index in [2.05, 4.69) is 0 Å². The van der Waals surface area contributed by atoms with Gasteiger partial charge in [-0.2, -0.15) is 39.5 Å². The van der Waals surface area contributed by atoms with Crippen molar-refractivity contribution in [3.63, 3.8) is 0 Å². The monoisotopic (exact) mass is 596 g/mol. The highest BCUT2D eigenvalue weighted by Crippen LogP contribution is 2.50. The van der Waals surface area contributed by atoms with Gasteiger partial charge in [-0.3, -0.25) is 9.69 Å². The van der Waals surface area contributed by atoms with Gasteiger partial charge in [-0.25, -0.2) is 4.79 Å². The molecular formula is C27H25F9N2O3. The van der Waals surface area contributed by atoms with E-state index < -0.39 is 71.4 Å². The van der Waals surface area contributed by atoms with E-state index in [0.29, 0.717) is 25.0 Å². The molecule has 0 unspecified atom stereocenters. The first-order chi connectivity index (χ1) is 18.9. The predicted molar refractivity (Wildman–Crippen MR) is 127 cm³/mol. The molecule has 2 atom stereocenters. The molecule has 0 bridgehead atoms. The molecule has 2 aromatic rings. The van der Waals surface area contributed by atoms with E-state index in [9.17, 15) is 49.1 Å². The second kappa shape index (κ2) is 10.8. The van der Waals surface area contributed by atoms with Crippen LogP contribution in [0.25, 0.3) is 0 Å². The molecule has 2 aliphatic rings. The summed E-state index contributed by atoms with van der Waals surface area (Å²) in [6.45, 7) is 1.80. The number of ether oxygens (including phenoxy) is 1. The normalized spacial score (nSPS) is 19.5. The van der Waals surface area contributed by atoms with E-state index in [-0.39, 0.29) is 36.3 Å².